The highest BCUT2D eigenvalue weighted by molar-refractivity contribution is 7.05. The zero-order valence-electron chi connectivity index (χ0n) is 10.2. The summed E-state index contributed by atoms with van der Waals surface area (Å²) < 4.78 is 5.70. The smallest absolute Gasteiger partial charge is 0.0972 e. The van der Waals surface area contributed by atoms with Gasteiger partial charge in [0.2, 0.25) is 0 Å². The van der Waals surface area contributed by atoms with Crippen molar-refractivity contribution in [1.82, 2.24) is 19.4 Å². The van der Waals surface area contributed by atoms with Gasteiger partial charge in [0.05, 0.1) is 22.4 Å². The minimum absolute atomic E-state index is 0.542. The van der Waals surface area contributed by atoms with E-state index in [4.69, 9.17) is 0 Å². The fraction of sp³-hybridized carbons (Fsp3) is 0.545. The van der Waals surface area contributed by atoms with Gasteiger partial charge in [0.1, 0.15) is 0 Å². The van der Waals surface area contributed by atoms with Crippen LogP contribution in [0.25, 0.3) is 0 Å². The van der Waals surface area contributed by atoms with Crippen molar-refractivity contribution in [3.8, 4) is 0 Å². The first-order valence-electron chi connectivity index (χ1n) is 5.60. The lowest BCUT2D eigenvalue weighted by Gasteiger charge is -2.09. The van der Waals surface area contributed by atoms with Crippen LogP contribution in [-0.2, 0) is 19.9 Å². The van der Waals surface area contributed by atoms with E-state index >= 15 is 0 Å². The van der Waals surface area contributed by atoms with Gasteiger partial charge in [-0.3, -0.25) is 4.68 Å². The van der Waals surface area contributed by atoms with Crippen LogP contribution in [0.4, 0.5) is 0 Å². The third-order valence-corrected chi connectivity index (χ3v) is 3.59. The van der Waals surface area contributed by atoms with Crippen LogP contribution in [0.15, 0.2) is 6.07 Å². The number of hydrogen-bond acceptors (Lipinski definition) is 5. The minimum atomic E-state index is -0.542. The minimum Gasteiger partial charge on any atom is -0.387 e. The van der Waals surface area contributed by atoms with Gasteiger partial charge in [0, 0.05) is 19.2 Å². The van der Waals surface area contributed by atoms with E-state index < -0.39 is 6.10 Å². The standard InChI is InChI=1S/C11H16N4OS/c1-4-9-11(17-14-12-9)10(16)6-8-5-7(2)13-15(8)3/h5,10,16H,4,6H2,1-3H3. The monoisotopic (exact) mass is 252 g/mol. The Balaban J connectivity index is 2.16. The molecule has 2 rings (SSSR count). The largest absolute Gasteiger partial charge is 0.387 e. The van der Waals surface area contributed by atoms with E-state index in [2.05, 4.69) is 14.7 Å². The maximum atomic E-state index is 10.2. The number of aliphatic hydroxyl groups is 1. The van der Waals surface area contributed by atoms with E-state index in [0.29, 0.717) is 6.42 Å². The van der Waals surface area contributed by atoms with Crippen molar-refractivity contribution < 1.29 is 5.11 Å². The van der Waals surface area contributed by atoms with Crippen LogP contribution >= 0.6 is 11.5 Å². The topological polar surface area (TPSA) is 63.8 Å². The van der Waals surface area contributed by atoms with E-state index in [1.165, 1.54) is 11.5 Å². The maximum Gasteiger partial charge on any atom is 0.0972 e. The number of aromatic nitrogens is 4. The van der Waals surface area contributed by atoms with E-state index in [1.54, 1.807) is 4.68 Å². The molecular weight excluding hydrogens is 236 g/mol. The fourth-order valence-corrected chi connectivity index (χ4v) is 2.58. The van der Waals surface area contributed by atoms with Gasteiger partial charge in [0.25, 0.3) is 0 Å². The SMILES string of the molecule is CCc1nnsc1C(O)Cc1cc(C)nn1C. The molecule has 2 aromatic heterocycles. The summed E-state index contributed by atoms with van der Waals surface area (Å²) in [7, 11) is 1.89. The third kappa shape index (κ3) is 2.53. The van der Waals surface area contributed by atoms with E-state index in [9.17, 15) is 5.11 Å². The molecule has 0 saturated carbocycles. The molecule has 0 radical (unpaired) electrons. The average Bonchev–Trinajstić information content (AvgIpc) is 2.85. The Morgan fingerprint density at radius 3 is 2.88 bits per heavy atom. The molecule has 2 heterocycles. The summed E-state index contributed by atoms with van der Waals surface area (Å²) in [5.41, 5.74) is 2.87. The molecule has 5 nitrogen and oxygen atoms in total. The molecule has 1 atom stereocenters. The van der Waals surface area contributed by atoms with Crippen LogP contribution in [0.2, 0.25) is 0 Å². The summed E-state index contributed by atoms with van der Waals surface area (Å²) in [6, 6.07) is 1.99. The summed E-state index contributed by atoms with van der Waals surface area (Å²) in [6.07, 6.45) is 0.807. The van der Waals surface area contributed by atoms with E-state index in [0.717, 1.165) is 28.4 Å². The summed E-state index contributed by atoms with van der Waals surface area (Å²) in [5.74, 6) is 0. The van der Waals surface area contributed by atoms with Gasteiger partial charge < -0.3 is 5.11 Å². The Hall–Kier alpha value is -1.27. The van der Waals surface area contributed by atoms with Crippen molar-refractivity contribution in [3.63, 3.8) is 0 Å². The summed E-state index contributed by atoms with van der Waals surface area (Å²) >= 11 is 1.27. The molecule has 1 N–H and O–H groups in total. The number of nitrogens with zero attached hydrogens (tertiary/aromatic N) is 4. The Morgan fingerprint density at radius 1 is 1.53 bits per heavy atom. The lowest BCUT2D eigenvalue weighted by molar-refractivity contribution is 0.178. The van der Waals surface area contributed by atoms with Crippen LogP contribution < -0.4 is 0 Å². The highest BCUT2D eigenvalue weighted by Gasteiger charge is 2.18. The quantitative estimate of drug-likeness (QED) is 0.893. The first-order chi connectivity index (χ1) is 8.11. The fourth-order valence-electron chi connectivity index (χ4n) is 1.86. The molecule has 0 amide bonds. The van der Waals surface area contributed by atoms with Crippen LogP contribution in [0.5, 0.6) is 0 Å². The van der Waals surface area contributed by atoms with E-state index in [1.807, 2.05) is 27.0 Å². The van der Waals surface area contributed by atoms with Crippen molar-refractivity contribution in [2.24, 2.45) is 7.05 Å². The van der Waals surface area contributed by atoms with Gasteiger partial charge in [-0.25, -0.2) is 0 Å². The third-order valence-electron chi connectivity index (χ3n) is 2.72. The van der Waals surface area contributed by atoms with Gasteiger partial charge in [-0.15, -0.1) is 5.10 Å². The van der Waals surface area contributed by atoms with Crippen molar-refractivity contribution in [2.45, 2.75) is 32.8 Å². The molecule has 17 heavy (non-hydrogen) atoms. The number of rotatable bonds is 4. The highest BCUT2D eigenvalue weighted by atomic mass is 32.1. The number of hydrogen-bond donors (Lipinski definition) is 1. The Kier molecular flexibility index (Phi) is 3.54. The molecule has 0 aromatic carbocycles. The predicted octanol–water partition coefficient (Wildman–Crippen LogP) is 1.42. The van der Waals surface area contributed by atoms with Gasteiger partial charge in [-0.1, -0.05) is 11.4 Å². The van der Waals surface area contributed by atoms with Gasteiger partial charge in [0.15, 0.2) is 0 Å². The molecule has 2 aromatic rings. The van der Waals surface area contributed by atoms with Crippen molar-refractivity contribution in [3.05, 3.63) is 28.0 Å². The predicted molar refractivity (Wildman–Crippen MR) is 65.9 cm³/mol. The molecular formula is C11H16N4OS. The Morgan fingerprint density at radius 2 is 2.29 bits per heavy atom. The van der Waals surface area contributed by atoms with Crippen molar-refractivity contribution in [1.29, 1.82) is 0 Å². The average molecular weight is 252 g/mol. The molecule has 0 aliphatic carbocycles. The highest BCUT2D eigenvalue weighted by Crippen LogP contribution is 2.24. The van der Waals surface area contributed by atoms with E-state index in [-0.39, 0.29) is 0 Å². The molecule has 0 saturated heterocycles. The number of aryl methyl sites for hydroxylation is 3. The van der Waals surface area contributed by atoms with Crippen LogP contribution in [-0.4, -0.2) is 24.5 Å². The first kappa shape index (κ1) is 12.2. The molecule has 0 bridgehead atoms. The summed E-state index contributed by atoms with van der Waals surface area (Å²) in [4.78, 5) is 0.867. The van der Waals surface area contributed by atoms with Gasteiger partial charge in [-0.05, 0) is 30.9 Å². The molecule has 0 spiro atoms. The summed E-state index contributed by atoms with van der Waals surface area (Å²) in [5, 5.41) is 18.5. The second kappa shape index (κ2) is 4.93. The van der Waals surface area contributed by atoms with Crippen LogP contribution in [0.3, 0.4) is 0 Å². The zero-order chi connectivity index (χ0) is 12.4. The normalized spacial score (nSPS) is 12.9. The Labute approximate surface area is 104 Å². The van der Waals surface area contributed by atoms with Crippen LogP contribution in [0, 0.1) is 6.92 Å². The van der Waals surface area contributed by atoms with Crippen molar-refractivity contribution >= 4 is 11.5 Å². The van der Waals surface area contributed by atoms with Gasteiger partial charge >= 0.3 is 0 Å². The maximum absolute atomic E-state index is 10.2. The van der Waals surface area contributed by atoms with Crippen molar-refractivity contribution in [2.75, 3.05) is 0 Å². The molecule has 0 fully saturated rings. The lowest BCUT2D eigenvalue weighted by atomic mass is 10.1. The molecule has 0 aliphatic heterocycles. The molecule has 1 unspecified atom stereocenters. The second-order valence-electron chi connectivity index (χ2n) is 4.06. The van der Waals surface area contributed by atoms with Crippen LogP contribution in [0.1, 0.15) is 35.0 Å². The zero-order valence-corrected chi connectivity index (χ0v) is 11.0. The van der Waals surface area contributed by atoms with Gasteiger partial charge in [-0.2, -0.15) is 5.10 Å². The summed E-state index contributed by atoms with van der Waals surface area (Å²) in [6.45, 7) is 3.96. The first-order valence-corrected chi connectivity index (χ1v) is 6.37. The lowest BCUT2D eigenvalue weighted by Crippen LogP contribution is -2.07. The second-order valence-corrected chi connectivity index (χ2v) is 4.84. The number of aliphatic hydroxyl groups excluding tert-OH is 1. The molecule has 92 valence electrons. The molecule has 0 aliphatic rings. The Bertz CT molecular complexity index is 505. The molecule has 6 heteroatoms.